The van der Waals surface area contributed by atoms with Crippen LogP contribution >= 0.6 is 38.5 Å². The van der Waals surface area contributed by atoms with E-state index < -0.39 is 0 Å². The summed E-state index contributed by atoms with van der Waals surface area (Å²) in [7, 11) is 0. The van der Waals surface area contributed by atoms with E-state index in [1.165, 1.54) is 18.2 Å². The number of halogens is 3. The molecule has 0 saturated carbocycles. The molecule has 2 aromatic carbocycles. The Morgan fingerprint density at radius 2 is 2.05 bits per heavy atom. The number of carbonyl (C=O) groups excluding carboxylic acids is 1. The average molecular weight is 449 g/mol. The number of amides is 1. The van der Waals surface area contributed by atoms with Crippen LogP contribution < -0.4 is 11.1 Å². The first-order valence-corrected chi connectivity index (χ1v) is 7.57. The first-order chi connectivity index (χ1) is 9.38. The first kappa shape index (κ1) is 15.2. The third-order valence-corrected chi connectivity index (χ3v) is 4.19. The van der Waals surface area contributed by atoms with Crippen molar-refractivity contribution in [3.05, 3.63) is 55.3 Å². The van der Waals surface area contributed by atoms with Crippen LogP contribution in [0.15, 0.2) is 34.8 Å². The van der Waals surface area contributed by atoms with Gasteiger partial charge in [-0.3, -0.25) is 4.79 Å². The number of nitrogen functional groups attached to an aromatic ring is 1. The molecule has 0 aliphatic heterocycles. The van der Waals surface area contributed by atoms with E-state index >= 15 is 0 Å². The van der Waals surface area contributed by atoms with Gasteiger partial charge < -0.3 is 11.1 Å². The quantitative estimate of drug-likeness (QED) is 0.530. The van der Waals surface area contributed by atoms with Crippen LogP contribution in [0, 0.1) is 16.3 Å². The van der Waals surface area contributed by atoms with Gasteiger partial charge in [0, 0.05) is 19.3 Å². The van der Waals surface area contributed by atoms with Crippen molar-refractivity contribution in [2.45, 2.75) is 6.92 Å². The van der Waals surface area contributed by atoms with E-state index in [1.807, 2.05) is 22.6 Å². The van der Waals surface area contributed by atoms with Gasteiger partial charge in [-0.15, -0.1) is 0 Å². The van der Waals surface area contributed by atoms with Crippen LogP contribution in [-0.4, -0.2) is 5.91 Å². The summed E-state index contributed by atoms with van der Waals surface area (Å²) in [6, 6.07) is 7.65. The smallest absolute Gasteiger partial charge is 0.256 e. The van der Waals surface area contributed by atoms with Crippen molar-refractivity contribution in [3.63, 3.8) is 0 Å². The molecule has 0 saturated heterocycles. The summed E-state index contributed by atoms with van der Waals surface area (Å²) >= 11 is 5.29. The third-order valence-electron chi connectivity index (χ3n) is 2.84. The molecular weight excluding hydrogens is 438 g/mol. The first-order valence-electron chi connectivity index (χ1n) is 5.70. The summed E-state index contributed by atoms with van der Waals surface area (Å²) in [6.07, 6.45) is 0. The van der Waals surface area contributed by atoms with Gasteiger partial charge in [-0.25, -0.2) is 4.39 Å². The zero-order valence-corrected chi connectivity index (χ0v) is 14.2. The van der Waals surface area contributed by atoms with E-state index in [1.54, 1.807) is 19.1 Å². The van der Waals surface area contributed by atoms with E-state index in [-0.39, 0.29) is 11.7 Å². The van der Waals surface area contributed by atoms with E-state index in [4.69, 9.17) is 5.73 Å². The van der Waals surface area contributed by atoms with Crippen molar-refractivity contribution in [1.29, 1.82) is 0 Å². The zero-order chi connectivity index (χ0) is 14.9. The molecule has 6 heteroatoms. The van der Waals surface area contributed by atoms with Gasteiger partial charge in [0.25, 0.3) is 5.91 Å². The lowest BCUT2D eigenvalue weighted by atomic mass is 10.1. The molecule has 0 aliphatic carbocycles. The van der Waals surface area contributed by atoms with E-state index in [0.717, 1.165) is 4.47 Å². The van der Waals surface area contributed by atoms with Crippen molar-refractivity contribution in [2.24, 2.45) is 0 Å². The van der Waals surface area contributed by atoms with Gasteiger partial charge in [-0.1, -0.05) is 15.9 Å². The minimum absolute atomic E-state index is 0.278. The number of nitrogens with two attached hydrogens (primary N) is 1. The van der Waals surface area contributed by atoms with Crippen LogP contribution in [0.4, 0.5) is 15.8 Å². The number of rotatable bonds is 2. The summed E-state index contributed by atoms with van der Waals surface area (Å²) < 4.78 is 14.4. The molecule has 20 heavy (non-hydrogen) atoms. The highest BCUT2D eigenvalue weighted by molar-refractivity contribution is 14.1. The van der Waals surface area contributed by atoms with Crippen LogP contribution in [-0.2, 0) is 0 Å². The fraction of sp³-hybridized carbons (Fsp3) is 0.0714. The molecule has 3 nitrogen and oxygen atoms in total. The number of anilines is 2. The SMILES string of the molecule is Cc1c(N)cc(Br)cc1C(=O)Nc1ccc(F)cc1I. The standard InChI is InChI=1S/C14H11BrFIN2O/c1-7-10(4-8(15)5-12(7)18)14(20)19-13-3-2-9(16)6-11(13)17/h2-6H,18H2,1H3,(H,19,20). The fourth-order valence-corrected chi connectivity index (χ4v) is 2.80. The Morgan fingerprint density at radius 1 is 1.35 bits per heavy atom. The molecule has 2 rings (SSSR count). The zero-order valence-electron chi connectivity index (χ0n) is 10.5. The van der Waals surface area contributed by atoms with Crippen LogP contribution in [0.2, 0.25) is 0 Å². The monoisotopic (exact) mass is 448 g/mol. The molecule has 0 bridgehead atoms. The van der Waals surface area contributed by atoms with Gasteiger partial charge in [0.2, 0.25) is 0 Å². The van der Waals surface area contributed by atoms with Crippen molar-refractivity contribution in [1.82, 2.24) is 0 Å². The molecule has 3 N–H and O–H groups in total. The maximum Gasteiger partial charge on any atom is 0.256 e. The lowest BCUT2D eigenvalue weighted by molar-refractivity contribution is 0.102. The summed E-state index contributed by atoms with van der Waals surface area (Å²) in [5, 5.41) is 2.76. The Labute approximate surface area is 138 Å². The second-order valence-corrected chi connectivity index (χ2v) is 6.32. The van der Waals surface area contributed by atoms with Gasteiger partial charge >= 0.3 is 0 Å². The second-order valence-electron chi connectivity index (χ2n) is 4.25. The molecule has 0 atom stereocenters. The lowest BCUT2D eigenvalue weighted by Crippen LogP contribution is -2.15. The Hall–Kier alpha value is -1.15. The van der Waals surface area contributed by atoms with Crippen LogP contribution in [0.1, 0.15) is 15.9 Å². The highest BCUT2D eigenvalue weighted by Gasteiger charge is 2.14. The maximum absolute atomic E-state index is 13.0. The van der Waals surface area contributed by atoms with Gasteiger partial charge in [-0.2, -0.15) is 0 Å². The lowest BCUT2D eigenvalue weighted by Gasteiger charge is -2.11. The minimum Gasteiger partial charge on any atom is -0.398 e. The summed E-state index contributed by atoms with van der Waals surface area (Å²) in [4.78, 5) is 12.3. The topological polar surface area (TPSA) is 55.1 Å². The molecule has 0 radical (unpaired) electrons. The molecule has 0 unspecified atom stereocenters. The summed E-state index contributed by atoms with van der Waals surface area (Å²) in [5.74, 6) is -0.615. The van der Waals surface area contributed by atoms with Crippen molar-refractivity contribution < 1.29 is 9.18 Å². The molecule has 0 heterocycles. The van der Waals surface area contributed by atoms with Gasteiger partial charge in [0.05, 0.1) is 5.69 Å². The molecular formula is C14H11BrFIN2O. The fourth-order valence-electron chi connectivity index (χ4n) is 1.72. The van der Waals surface area contributed by atoms with E-state index in [9.17, 15) is 9.18 Å². The molecule has 0 fully saturated rings. The molecule has 0 spiro atoms. The van der Waals surface area contributed by atoms with Crippen LogP contribution in [0.3, 0.4) is 0 Å². The van der Waals surface area contributed by atoms with Gasteiger partial charge in [-0.05, 0) is 65.4 Å². The van der Waals surface area contributed by atoms with Crippen molar-refractivity contribution in [3.8, 4) is 0 Å². The van der Waals surface area contributed by atoms with E-state index in [0.29, 0.717) is 26.1 Å². The predicted octanol–water partition coefficient (Wildman–Crippen LogP) is 4.34. The largest absolute Gasteiger partial charge is 0.398 e. The molecule has 1 amide bonds. The maximum atomic E-state index is 13.0. The molecule has 2 aromatic rings. The van der Waals surface area contributed by atoms with Crippen LogP contribution in [0.5, 0.6) is 0 Å². The number of nitrogens with one attached hydrogen (secondary N) is 1. The minimum atomic E-state index is -0.338. The Kier molecular flexibility index (Phi) is 4.64. The van der Waals surface area contributed by atoms with Crippen LogP contribution in [0.25, 0.3) is 0 Å². The highest BCUT2D eigenvalue weighted by atomic mass is 127. The second kappa shape index (κ2) is 6.09. The van der Waals surface area contributed by atoms with E-state index in [2.05, 4.69) is 21.2 Å². The third kappa shape index (κ3) is 3.29. The highest BCUT2D eigenvalue weighted by Crippen LogP contribution is 2.25. The summed E-state index contributed by atoms with van der Waals surface area (Å²) in [6.45, 7) is 1.78. The van der Waals surface area contributed by atoms with Gasteiger partial charge in [0.15, 0.2) is 0 Å². The molecule has 104 valence electrons. The Bertz CT molecular complexity index is 691. The normalized spacial score (nSPS) is 10.4. The molecule has 0 aliphatic rings. The Balaban J connectivity index is 2.33. The number of hydrogen-bond donors (Lipinski definition) is 2. The van der Waals surface area contributed by atoms with Crippen molar-refractivity contribution in [2.75, 3.05) is 11.1 Å². The van der Waals surface area contributed by atoms with Gasteiger partial charge in [0.1, 0.15) is 5.82 Å². The van der Waals surface area contributed by atoms with Crippen molar-refractivity contribution >= 4 is 55.8 Å². The molecule has 0 aromatic heterocycles. The number of benzene rings is 2. The number of carbonyl (C=O) groups is 1. The Morgan fingerprint density at radius 3 is 2.70 bits per heavy atom. The number of hydrogen-bond acceptors (Lipinski definition) is 2. The summed E-state index contributed by atoms with van der Waals surface area (Å²) in [5.41, 5.74) is 8.14. The average Bonchev–Trinajstić information content (AvgIpc) is 2.37. The predicted molar refractivity (Wildman–Crippen MR) is 90.4 cm³/mol.